The van der Waals surface area contributed by atoms with Gasteiger partial charge in [-0.2, -0.15) is 0 Å². The van der Waals surface area contributed by atoms with E-state index in [9.17, 15) is 9.59 Å². The Bertz CT molecular complexity index is 245. The van der Waals surface area contributed by atoms with Gasteiger partial charge in [-0.15, -0.1) is 0 Å². The predicted molar refractivity (Wildman–Crippen MR) is 55.4 cm³/mol. The average molecular weight is 211 g/mol. The van der Waals surface area contributed by atoms with Crippen LogP contribution in [-0.4, -0.2) is 42.5 Å². The Morgan fingerprint density at radius 2 is 2.20 bits per heavy atom. The van der Waals surface area contributed by atoms with Gasteiger partial charge in [0.2, 0.25) is 5.91 Å². The molecule has 5 heteroatoms. The van der Waals surface area contributed by atoms with E-state index in [2.05, 4.69) is 10.6 Å². The Labute approximate surface area is 89.2 Å². The number of carbonyl (C=O) groups excluding carboxylic acids is 2. The van der Waals surface area contributed by atoms with Gasteiger partial charge in [0.05, 0.1) is 6.54 Å². The van der Waals surface area contributed by atoms with E-state index in [1.54, 1.807) is 0 Å². The Hall–Kier alpha value is -1.10. The highest BCUT2D eigenvalue weighted by Gasteiger charge is 2.28. The van der Waals surface area contributed by atoms with Crippen LogP contribution in [0.4, 0.5) is 4.79 Å². The quantitative estimate of drug-likeness (QED) is 0.649. The number of piperidine rings is 1. The number of hydrogen-bond donors (Lipinski definition) is 2. The first-order valence-electron chi connectivity index (χ1n) is 5.59. The summed E-state index contributed by atoms with van der Waals surface area (Å²) in [5, 5.41) is 5.93. The van der Waals surface area contributed by atoms with E-state index in [0.717, 1.165) is 19.4 Å². The molecule has 2 aliphatic rings. The van der Waals surface area contributed by atoms with Crippen LogP contribution >= 0.6 is 0 Å². The van der Waals surface area contributed by atoms with Gasteiger partial charge in [0, 0.05) is 12.6 Å². The van der Waals surface area contributed by atoms with Crippen LogP contribution in [0.2, 0.25) is 0 Å². The third-order valence-corrected chi connectivity index (χ3v) is 3.05. The van der Waals surface area contributed by atoms with Gasteiger partial charge in [0.1, 0.15) is 0 Å². The molecule has 2 aliphatic heterocycles. The maximum absolute atomic E-state index is 11.3. The molecule has 0 aromatic heterocycles. The second-order valence-electron chi connectivity index (χ2n) is 4.14. The molecule has 1 atom stereocenters. The SMILES string of the molecule is O=C1CNC(=O)N1CC[C@H]1CCCCN1. The second-order valence-corrected chi connectivity index (χ2v) is 4.14. The smallest absolute Gasteiger partial charge is 0.324 e. The number of rotatable bonds is 3. The van der Waals surface area contributed by atoms with Crippen LogP contribution in [0.1, 0.15) is 25.7 Å². The molecule has 2 N–H and O–H groups in total. The fourth-order valence-electron chi connectivity index (χ4n) is 2.14. The lowest BCUT2D eigenvalue weighted by Crippen LogP contribution is -2.39. The third-order valence-electron chi connectivity index (χ3n) is 3.05. The van der Waals surface area contributed by atoms with E-state index in [1.165, 1.54) is 17.7 Å². The Balaban J connectivity index is 1.76. The number of nitrogens with zero attached hydrogens (tertiary/aromatic N) is 1. The normalized spacial score (nSPS) is 26.9. The zero-order valence-corrected chi connectivity index (χ0v) is 8.79. The summed E-state index contributed by atoms with van der Waals surface area (Å²) in [5.74, 6) is -0.101. The summed E-state index contributed by atoms with van der Waals surface area (Å²) in [6, 6.07) is 0.232. The molecule has 2 rings (SSSR count). The first-order valence-corrected chi connectivity index (χ1v) is 5.59. The van der Waals surface area contributed by atoms with Gasteiger partial charge < -0.3 is 10.6 Å². The fourth-order valence-corrected chi connectivity index (χ4v) is 2.14. The minimum absolute atomic E-state index is 0.101. The molecule has 15 heavy (non-hydrogen) atoms. The number of hydrogen-bond acceptors (Lipinski definition) is 3. The highest BCUT2D eigenvalue weighted by molar-refractivity contribution is 6.01. The van der Waals surface area contributed by atoms with E-state index in [-0.39, 0.29) is 18.5 Å². The first-order chi connectivity index (χ1) is 7.27. The van der Waals surface area contributed by atoms with Crippen molar-refractivity contribution in [1.82, 2.24) is 15.5 Å². The molecule has 0 aliphatic carbocycles. The van der Waals surface area contributed by atoms with Crippen molar-refractivity contribution >= 4 is 11.9 Å². The molecular formula is C10H17N3O2. The maximum Gasteiger partial charge on any atom is 0.324 e. The van der Waals surface area contributed by atoms with Crippen molar-refractivity contribution in [3.63, 3.8) is 0 Å². The summed E-state index contributed by atoms with van der Waals surface area (Å²) in [7, 11) is 0. The number of carbonyl (C=O) groups is 2. The van der Waals surface area contributed by atoms with Crippen molar-refractivity contribution in [2.75, 3.05) is 19.6 Å². The zero-order valence-electron chi connectivity index (χ0n) is 8.79. The van der Waals surface area contributed by atoms with Crippen molar-refractivity contribution in [2.45, 2.75) is 31.7 Å². The maximum atomic E-state index is 11.3. The van der Waals surface area contributed by atoms with Gasteiger partial charge >= 0.3 is 6.03 Å². The molecule has 0 radical (unpaired) electrons. The van der Waals surface area contributed by atoms with Crippen LogP contribution < -0.4 is 10.6 Å². The van der Waals surface area contributed by atoms with Gasteiger partial charge in [-0.1, -0.05) is 6.42 Å². The van der Waals surface area contributed by atoms with Gasteiger partial charge in [0.25, 0.3) is 0 Å². The van der Waals surface area contributed by atoms with Crippen LogP contribution in [0, 0.1) is 0 Å². The number of urea groups is 1. The van der Waals surface area contributed by atoms with Crippen LogP contribution in [0.3, 0.4) is 0 Å². The second kappa shape index (κ2) is 4.61. The molecule has 0 bridgehead atoms. The number of amides is 3. The van der Waals surface area contributed by atoms with Crippen molar-refractivity contribution < 1.29 is 9.59 Å². The summed E-state index contributed by atoms with van der Waals surface area (Å²) in [5.41, 5.74) is 0. The largest absolute Gasteiger partial charge is 0.329 e. The molecule has 0 saturated carbocycles. The van der Waals surface area contributed by atoms with Gasteiger partial charge in [0.15, 0.2) is 0 Å². The molecule has 0 unspecified atom stereocenters. The van der Waals surface area contributed by atoms with Crippen LogP contribution in [0.15, 0.2) is 0 Å². The van der Waals surface area contributed by atoms with E-state index < -0.39 is 0 Å². The molecule has 84 valence electrons. The lowest BCUT2D eigenvalue weighted by atomic mass is 10.0. The minimum atomic E-state index is -0.240. The molecule has 0 aromatic carbocycles. The minimum Gasteiger partial charge on any atom is -0.329 e. The van der Waals surface area contributed by atoms with Gasteiger partial charge in [-0.25, -0.2) is 4.79 Å². The number of nitrogens with one attached hydrogen (secondary N) is 2. The standard InChI is InChI=1S/C10H17N3O2/c14-9-7-12-10(15)13(9)6-4-8-3-1-2-5-11-8/h8,11H,1-7H2,(H,12,15)/t8-/m1/s1. The molecule has 3 amide bonds. The monoisotopic (exact) mass is 211 g/mol. The number of imide groups is 1. The first kappa shape index (κ1) is 10.4. The molecule has 0 aromatic rings. The highest BCUT2D eigenvalue weighted by Crippen LogP contribution is 2.11. The molecule has 5 nitrogen and oxygen atoms in total. The molecular weight excluding hydrogens is 194 g/mol. The van der Waals surface area contributed by atoms with Crippen LogP contribution in [0.5, 0.6) is 0 Å². The molecule has 2 fully saturated rings. The Morgan fingerprint density at radius 1 is 1.33 bits per heavy atom. The van der Waals surface area contributed by atoms with E-state index in [0.29, 0.717) is 12.6 Å². The summed E-state index contributed by atoms with van der Waals surface area (Å²) < 4.78 is 0. The average Bonchev–Trinajstić information content (AvgIpc) is 2.58. The summed E-state index contributed by atoms with van der Waals surface area (Å²) in [6.45, 7) is 1.77. The Kier molecular flexibility index (Phi) is 3.20. The van der Waals surface area contributed by atoms with Gasteiger partial charge in [-0.05, 0) is 25.8 Å². The van der Waals surface area contributed by atoms with Crippen LogP contribution in [-0.2, 0) is 4.79 Å². The van der Waals surface area contributed by atoms with Gasteiger partial charge in [-0.3, -0.25) is 9.69 Å². The topological polar surface area (TPSA) is 61.4 Å². The van der Waals surface area contributed by atoms with E-state index in [1.807, 2.05) is 0 Å². The predicted octanol–water partition coefficient (Wildman–Crippen LogP) is 0.0704. The zero-order chi connectivity index (χ0) is 10.7. The van der Waals surface area contributed by atoms with Crippen molar-refractivity contribution in [1.29, 1.82) is 0 Å². The fraction of sp³-hybridized carbons (Fsp3) is 0.800. The van der Waals surface area contributed by atoms with Crippen molar-refractivity contribution in [3.8, 4) is 0 Å². The highest BCUT2D eigenvalue weighted by atomic mass is 16.2. The van der Waals surface area contributed by atoms with Crippen molar-refractivity contribution in [3.05, 3.63) is 0 Å². The lowest BCUT2D eigenvalue weighted by molar-refractivity contribution is -0.125. The summed E-state index contributed by atoms with van der Waals surface area (Å²) >= 11 is 0. The van der Waals surface area contributed by atoms with Crippen molar-refractivity contribution in [2.24, 2.45) is 0 Å². The molecule has 2 heterocycles. The lowest BCUT2D eigenvalue weighted by Gasteiger charge is -2.24. The third kappa shape index (κ3) is 2.47. The van der Waals surface area contributed by atoms with E-state index >= 15 is 0 Å². The summed E-state index contributed by atoms with van der Waals surface area (Å²) in [4.78, 5) is 23.8. The Morgan fingerprint density at radius 3 is 2.80 bits per heavy atom. The summed E-state index contributed by atoms with van der Waals surface area (Å²) in [6.07, 6.45) is 4.51. The van der Waals surface area contributed by atoms with E-state index in [4.69, 9.17) is 0 Å². The van der Waals surface area contributed by atoms with Crippen LogP contribution in [0.25, 0.3) is 0 Å². The molecule has 2 saturated heterocycles. The molecule has 0 spiro atoms.